The van der Waals surface area contributed by atoms with Gasteiger partial charge in [-0.3, -0.25) is 4.79 Å². The monoisotopic (exact) mass is 258 g/mol. The number of nitrogens with two attached hydrogens (primary N) is 1. The van der Waals surface area contributed by atoms with Crippen molar-refractivity contribution in [1.82, 2.24) is 4.90 Å². The van der Waals surface area contributed by atoms with E-state index in [4.69, 9.17) is 10.5 Å². The minimum Gasteiger partial charge on any atom is -0.378 e. The highest BCUT2D eigenvalue weighted by Crippen LogP contribution is 2.14. The number of nitrogens with zero attached hydrogens (tertiary/aromatic N) is 1. The summed E-state index contributed by atoms with van der Waals surface area (Å²) in [4.78, 5) is 12.5. The normalized spacial score (nSPS) is 11.6. The second-order valence-corrected chi connectivity index (χ2v) is 3.32. The van der Waals surface area contributed by atoms with Crippen molar-refractivity contribution in [3.8, 4) is 0 Å². The molecule has 0 saturated carbocycles. The molecule has 0 atom stereocenters. The average molecular weight is 258 g/mol. The molecule has 102 valence electrons. The van der Waals surface area contributed by atoms with Gasteiger partial charge in [-0.15, -0.1) is 0 Å². The Morgan fingerprint density at radius 3 is 2.47 bits per heavy atom. The van der Waals surface area contributed by atoms with Crippen molar-refractivity contribution in [3.63, 3.8) is 0 Å². The van der Waals surface area contributed by atoms with Gasteiger partial charge in [-0.2, -0.15) is 13.2 Å². The van der Waals surface area contributed by atoms with Crippen LogP contribution in [0.1, 0.15) is 0 Å². The maximum atomic E-state index is 11.7. The van der Waals surface area contributed by atoms with Crippen LogP contribution in [0.25, 0.3) is 0 Å². The minimum absolute atomic E-state index is 0.286. The molecule has 0 aliphatic rings. The maximum Gasteiger partial charge on any atom is 0.411 e. The van der Waals surface area contributed by atoms with Crippen LogP contribution in [0.3, 0.4) is 0 Å². The van der Waals surface area contributed by atoms with Crippen molar-refractivity contribution < 1.29 is 27.4 Å². The fourth-order valence-electron chi connectivity index (χ4n) is 0.876. The summed E-state index contributed by atoms with van der Waals surface area (Å²) < 4.78 is 44.4. The van der Waals surface area contributed by atoms with Crippen LogP contribution in [0.15, 0.2) is 0 Å². The van der Waals surface area contributed by atoms with E-state index in [1.165, 1.54) is 11.9 Å². The van der Waals surface area contributed by atoms with Crippen LogP contribution in [-0.4, -0.2) is 63.5 Å². The molecule has 0 aliphatic carbocycles. The molecule has 0 unspecified atom stereocenters. The zero-order valence-corrected chi connectivity index (χ0v) is 9.63. The molecular weight excluding hydrogens is 241 g/mol. The minimum atomic E-state index is -4.41. The van der Waals surface area contributed by atoms with E-state index in [1.54, 1.807) is 0 Å². The summed E-state index contributed by atoms with van der Waals surface area (Å²) in [6, 6.07) is 0. The van der Waals surface area contributed by atoms with E-state index in [0.717, 1.165) is 0 Å². The Labute approximate surface area is 97.6 Å². The van der Waals surface area contributed by atoms with E-state index in [0.29, 0.717) is 19.8 Å². The van der Waals surface area contributed by atoms with Gasteiger partial charge in [0, 0.05) is 20.1 Å². The Morgan fingerprint density at radius 1 is 1.29 bits per heavy atom. The average Bonchev–Trinajstić information content (AvgIpc) is 2.22. The molecule has 0 saturated heterocycles. The Morgan fingerprint density at radius 2 is 1.94 bits per heavy atom. The standard InChI is InChI=1S/C9H17F3N2O3/c1-14(3-5-16-4-2-13)8(15)6-17-7-9(10,11)12/h2-7,13H2,1H3. The van der Waals surface area contributed by atoms with Gasteiger partial charge in [-0.1, -0.05) is 0 Å². The Hall–Kier alpha value is -0.860. The van der Waals surface area contributed by atoms with Crippen LogP contribution in [0, 0.1) is 0 Å². The molecule has 0 radical (unpaired) electrons. The molecule has 0 heterocycles. The molecule has 5 nitrogen and oxygen atoms in total. The first-order chi connectivity index (χ1) is 7.87. The summed E-state index contributed by atoms with van der Waals surface area (Å²) in [7, 11) is 1.46. The van der Waals surface area contributed by atoms with Crippen molar-refractivity contribution >= 4 is 5.91 Å². The van der Waals surface area contributed by atoms with E-state index < -0.39 is 25.3 Å². The first kappa shape index (κ1) is 16.1. The van der Waals surface area contributed by atoms with Gasteiger partial charge in [-0.25, -0.2) is 0 Å². The smallest absolute Gasteiger partial charge is 0.378 e. The number of likely N-dealkylation sites (N-methyl/N-ethyl adjacent to an activating group) is 1. The topological polar surface area (TPSA) is 64.8 Å². The largest absolute Gasteiger partial charge is 0.411 e. The number of ether oxygens (including phenoxy) is 2. The molecule has 0 aromatic carbocycles. The number of carbonyl (C=O) groups is 1. The van der Waals surface area contributed by atoms with E-state index >= 15 is 0 Å². The highest BCUT2D eigenvalue weighted by atomic mass is 19.4. The van der Waals surface area contributed by atoms with Crippen LogP contribution < -0.4 is 5.73 Å². The van der Waals surface area contributed by atoms with Crippen LogP contribution in [0.2, 0.25) is 0 Å². The molecule has 0 aliphatic heterocycles. The van der Waals surface area contributed by atoms with Gasteiger partial charge in [0.15, 0.2) is 0 Å². The predicted molar refractivity (Wildman–Crippen MR) is 54.4 cm³/mol. The number of hydrogen-bond donors (Lipinski definition) is 1. The molecular formula is C9H17F3N2O3. The molecule has 0 bridgehead atoms. The third kappa shape index (κ3) is 10.0. The predicted octanol–water partition coefficient (Wildman–Crippen LogP) is -0.00100. The van der Waals surface area contributed by atoms with Crippen molar-refractivity contribution in [1.29, 1.82) is 0 Å². The lowest BCUT2D eigenvalue weighted by Crippen LogP contribution is -2.34. The summed E-state index contributed by atoms with van der Waals surface area (Å²) in [6.45, 7) is -0.672. The van der Waals surface area contributed by atoms with Crippen molar-refractivity contribution in [3.05, 3.63) is 0 Å². The van der Waals surface area contributed by atoms with Crippen LogP contribution >= 0.6 is 0 Å². The van der Waals surface area contributed by atoms with Gasteiger partial charge >= 0.3 is 6.18 Å². The zero-order chi connectivity index (χ0) is 13.3. The summed E-state index contributed by atoms with van der Waals surface area (Å²) in [5, 5.41) is 0. The van der Waals surface area contributed by atoms with Crippen LogP contribution in [0.5, 0.6) is 0 Å². The lowest BCUT2D eigenvalue weighted by atomic mass is 10.5. The highest BCUT2D eigenvalue weighted by Gasteiger charge is 2.28. The third-order valence-electron chi connectivity index (χ3n) is 1.75. The van der Waals surface area contributed by atoms with Gasteiger partial charge in [0.25, 0.3) is 0 Å². The second-order valence-electron chi connectivity index (χ2n) is 3.32. The first-order valence-electron chi connectivity index (χ1n) is 5.03. The van der Waals surface area contributed by atoms with Gasteiger partial charge < -0.3 is 20.1 Å². The van der Waals surface area contributed by atoms with Crippen molar-refractivity contribution in [2.45, 2.75) is 6.18 Å². The van der Waals surface area contributed by atoms with Crippen molar-refractivity contribution in [2.75, 3.05) is 46.6 Å². The zero-order valence-electron chi connectivity index (χ0n) is 9.63. The Bertz CT molecular complexity index is 224. The van der Waals surface area contributed by atoms with Gasteiger partial charge in [-0.05, 0) is 0 Å². The lowest BCUT2D eigenvalue weighted by Gasteiger charge is -2.17. The first-order valence-corrected chi connectivity index (χ1v) is 5.03. The second kappa shape index (κ2) is 8.26. The molecule has 1 amide bonds. The number of rotatable bonds is 8. The van der Waals surface area contributed by atoms with Gasteiger partial charge in [0.05, 0.1) is 13.2 Å². The van der Waals surface area contributed by atoms with Crippen LogP contribution in [0.4, 0.5) is 13.2 Å². The van der Waals surface area contributed by atoms with E-state index in [-0.39, 0.29) is 6.54 Å². The molecule has 2 N–H and O–H groups in total. The summed E-state index contributed by atoms with van der Waals surface area (Å²) in [5.41, 5.74) is 5.18. The van der Waals surface area contributed by atoms with Gasteiger partial charge in [0.2, 0.25) is 5.91 Å². The molecule has 0 aromatic heterocycles. The van der Waals surface area contributed by atoms with Crippen molar-refractivity contribution in [2.24, 2.45) is 5.73 Å². The summed E-state index contributed by atoms with van der Waals surface area (Å²) in [5.74, 6) is -0.523. The molecule has 0 aromatic rings. The number of alkyl halides is 3. The van der Waals surface area contributed by atoms with Gasteiger partial charge in [0.1, 0.15) is 13.2 Å². The maximum absolute atomic E-state index is 11.7. The van der Waals surface area contributed by atoms with E-state index in [2.05, 4.69) is 4.74 Å². The SMILES string of the molecule is CN(CCOCCN)C(=O)COCC(F)(F)F. The molecule has 0 spiro atoms. The fourth-order valence-corrected chi connectivity index (χ4v) is 0.876. The molecule has 0 rings (SSSR count). The third-order valence-corrected chi connectivity index (χ3v) is 1.75. The molecule has 0 fully saturated rings. The number of amides is 1. The molecule has 17 heavy (non-hydrogen) atoms. The Kier molecular flexibility index (Phi) is 7.85. The fraction of sp³-hybridized carbons (Fsp3) is 0.889. The number of halogens is 3. The highest BCUT2D eigenvalue weighted by molar-refractivity contribution is 5.77. The Balaban J connectivity index is 3.60. The van der Waals surface area contributed by atoms with E-state index in [1.807, 2.05) is 0 Å². The van der Waals surface area contributed by atoms with E-state index in [9.17, 15) is 18.0 Å². The number of carbonyl (C=O) groups excluding carboxylic acids is 1. The lowest BCUT2D eigenvalue weighted by molar-refractivity contribution is -0.177. The quantitative estimate of drug-likeness (QED) is 0.622. The number of hydrogen-bond acceptors (Lipinski definition) is 4. The molecule has 8 heteroatoms. The summed E-state index contributed by atoms with van der Waals surface area (Å²) in [6.07, 6.45) is -4.41. The van der Waals surface area contributed by atoms with Crippen LogP contribution in [-0.2, 0) is 14.3 Å². The summed E-state index contributed by atoms with van der Waals surface area (Å²) >= 11 is 0.